The topological polar surface area (TPSA) is 85.4 Å². The van der Waals surface area contributed by atoms with Gasteiger partial charge in [-0.3, -0.25) is 0 Å². The summed E-state index contributed by atoms with van der Waals surface area (Å²) in [4.78, 5) is 15.0. The number of carbonyl (C=O) groups is 1. The smallest absolute Gasteiger partial charge is 0.343 e. The molecule has 1 aromatic rings. The Labute approximate surface area is 127 Å². The molecule has 0 bridgehead atoms. The summed E-state index contributed by atoms with van der Waals surface area (Å²) in [5.41, 5.74) is 3.89. The van der Waals surface area contributed by atoms with Gasteiger partial charge in [-0.1, -0.05) is 24.6 Å². The van der Waals surface area contributed by atoms with E-state index in [0.717, 1.165) is 0 Å². The van der Waals surface area contributed by atoms with Crippen LogP contribution in [0.1, 0.15) is 25.5 Å². The third-order valence-corrected chi connectivity index (χ3v) is 4.10. The molecular formula is C14H18ClFN2O3. The van der Waals surface area contributed by atoms with Crippen LogP contribution < -0.4 is 5.73 Å². The summed E-state index contributed by atoms with van der Waals surface area (Å²) in [6, 6.07) is 4.24. The number of aromatic nitrogens is 1. The first-order valence-electron chi connectivity index (χ1n) is 6.80. The Morgan fingerprint density at radius 2 is 2.38 bits per heavy atom. The first-order valence-corrected chi connectivity index (χ1v) is 7.18. The normalized spacial score (nSPS) is 29.1. The van der Waals surface area contributed by atoms with E-state index in [2.05, 4.69) is 4.98 Å². The minimum absolute atomic E-state index is 0.243. The number of ether oxygens (including phenoxy) is 1. The molecule has 0 saturated heterocycles. The second-order valence-corrected chi connectivity index (χ2v) is 5.62. The molecule has 0 radical (unpaired) electrons. The third-order valence-electron chi connectivity index (χ3n) is 3.89. The van der Waals surface area contributed by atoms with Crippen LogP contribution >= 0.6 is 11.6 Å². The van der Waals surface area contributed by atoms with Crippen molar-refractivity contribution in [3.63, 3.8) is 0 Å². The number of alkyl halides is 1. The minimum Gasteiger partial charge on any atom is -0.479 e. The highest BCUT2D eigenvalue weighted by atomic mass is 35.5. The Bertz CT molecular complexity index is 531. The fourth-order valence-electron chi connectivity index (χ4n) is 2.44. The monoisotopic (exact) mass is 316 g/mol. The van der Waals surface area contributed by atoms with E-state index in [1.165, 1.54) is 0 Å². The highest BCUT2D eigenvalue weighted by Gasteiger charge is 2.70. The van der Waals surface area contributed by atoms with Crippen molar-refractivity contribution in [2.45, 2.75) is 44.2 Å². The summed E-state index contributed by atoms with van der Waals surface area (Å²) in [6.45, 7) is 2.14. The van der Waals surface area contributed by atoms with E-state index in [-0.39, 0.29) is 19.1 Å². The van der Waals surface area contributed by atoms with E-state index >= 15 is 0 Å². The highest BCUT2D eigenvalue weighted by Crippen LogP contribution is 2.49. The van der Waals surface area contributed by atoms with Crippen molar-refractivity contribution in [1.29, 1.82) is 0 Å². The van der Waals surface area contributed by atoms with Crippen LogP contribution in [0.4, 0.5) is 4.39 Å². The molecule has 21 heavy (non-hydrogen) atoms. The summed E-state index contributed by atoms with van der Waals surface area (Å²) in [7, 11) is 0. The first kappa shape index (κ1) is 16.1. The second kappa shape index (κ2) is 6.25. The molecule has 1 fully saturated rings. The van der Waals surface area contributed by atoms with Crippen LogP contribution in [0, 0.1) is 5.92 Å². The molecule has 1 saturated carbocycles. The maximum Gasteiger partial charge on any atom is 0.343 e. The Hall–Kier alpha value is -1.24. The van der Waals surface area contributed by atoms with Crippen molar-refractivity contribution in [3.05, 3.63) is 29.0 Å². The van der Waals surface area contributed by atoms with Crippen LogP contribution in [-0.2, 0) is 16.1 Å². The van der Waals surface area contributed by atoms with Crippen LogP contribution in [0.15, 0.2) is 18.2 Å². The highest BCUT2D eigenvalue weighted by molar-refractivity contribution is 6.29. The Balaban J connectivity index is 1.89. The van der Waals surface area contributed by atoms with Crippen molar-refractivity contribution >= 4 is 17.6 Å². The SMILES string of the molecule is CCC(CC1C(N)C1(F)C(=O)O)OCc1cccc(Cl)n1. The quantitative estimate of drug-likeness (QED) is 0.753. The van der Waals surface area contributed by atoms with E-state index in [1.54, 1.807) is 18.2 Å². The molecule has 0 aliphatic heterocycles. The molecule has 1 heterocycles. The van der Waals surface area contributed by atoms with Crippen LogP contribution in [-0.4, -0.2) is 33.9 Å². The van der Waals surface area contributed by atoms with Gasteiger partial charge >= 0.3 is 5.97 Å². The average Bonchev–Trinajstić information content (AvgIpc) is 2.98. The summed E-state index contributed by atoms with van der Waals surface area (Å²) < 4.78 is 19.7. The van der Waals surface area contributed by atoms with Gasteiger partial charge in [0.25, 0.3) is 0 Å². The standard InChI is InChI=1S/C14H18ClFN2O3/c1-2-9(6-10-12(17)14(10,16)13(19)20)21-7-8-4-3-5-11(15)18-8/h3-5,9-10,12H,2,6-7,17H2,1H3,(H,19,20). The summed E-state index contributed by atoms with van der Waals surface area (Å²) in [5.74, 6) is -2.20. The van der Waals surface area contributed by atoms with E-state index in [9.17, 15) is 9.18 Å². The van der Waals surface area contributed by atoms with E-state index in [1.807, 2.05) is 6.92 Å². The van der Waals surface area contributed by atoms with Gasteiger partial charge in [-0.25, -0.2) is 14.2 Å². The van der Waals surface area contributed by atoms with Crippen LogP contribution in [0.3, 0.4) is 0 Å². The van der Waals surface area contributed by atoms with Crippen LogP contribution in [0.2, 0.25) is 5.15 Å². The molecule has 0 amide bonds. The van der Waals surface area contributed by atoms with Gasteiger partial charge in [0.15, 0.2) is 0 Å². The molecule has 2 rings (SSSR count). The number of hydrogen-bond donors (Lipinski definition) is 2. The van der Waals surface area contributed by atoms with E-state index in [0.29, 0.717) is 17.3 Å². The molecule has 4 unspecified atom stereocenters. The molecular weight excluding hydrogens is 299 g/mol. The third kappa shape index (κ3) is 3.33. The number of nitrogens with two attached hydrogens (primary N) is 1. The van der Waals surface area contributed by atoms with Gasteiger partial charge in [0.2, 0.25) is 5.67 Å². The Kier molecular flexibility index (Phi) is 4.81. The zero-order chi connectivity index (χ0) is 15.6. The number of carboxylic acids is 1. The lowest BCUT2D eigenvalue weighted by Crippen LogP contribution is -2.25. The first-order chi connectivity index (χ1) is 9.89. The summed E-state index contributed by atoms with van der Waals surface area (Å²) >= 11 is 5.78. The molecule has 5 nitrogen and oxygen atoms in total. The number of hydrogen-bond acceptors (Lipinski definition) is 4. The number of pyridine rings is 1. The van der Waals surface area contributed by atoms with Crippen molar-refractivity contribution in [3.8, 4) is 0 Å². The molecule has 1 aliphatic carbocycles. The lowest BCUT2D eigenvalue weighted by molar-refractivity contribution is -0.145. The van der Waals surface area contributed by atoms with Gasteiger partial charge in [-0.15, -0.1) is 0 Å². The summed E-state index contributed by atoms with van der Waals surface area (Å²) in [5, 5.41) is 9.23. The maximum atomic E-state index is 14.0. The van der Waals surface area contributed by atoms with Gasteiger partial charge in [-0.05, 0) is 25.0 Å². The van der Waals surface area contributed by atoms with E-state index in [4.69, 9.17) is 27.2 Å². The summed E-state index contributed by atoms with van der Waals surface area (Å²) in [6.07, 6.45) is 0.652. The zero-order valence-electron chi connectivity index (χ0n) is 11.6. The molecule has 3 N–H and O–H groups in total. The molecule has 1 aliphatic rings. The largest absolute Gasteiger partial charge is 0.479 e. The van der Waals surface area contributed by atoms with Crippen molar-refractivity contribution in [1.82, 2.24) is 4.98 Å². The zero-order valence-corrected chi connectivity index (χ0v) is 12.4. The number of carboxylic acid groups (broad SMARTS) is 1. The van der Waals surface area contributed by atoms with Gasteiger partial charge < -0.3 is 15.6 Å². The predicted octanol–water partition coefficient (Wildman–Crippen LogP) is 2.17. The number of nitrogens with zero attached hydrogens (tertiary/aromatic N) is 1. The lowest BCUT2D eigenvalue weighted by atomic mass is 10.1. The van der Waals surface area contributed by atoms with Gasteiger partial charge in [-0.2, -0.15) is 0 Å². The minimum atomic E-state index is -2.31. The predicted molar refractivity (Wildman–Crippen MR) is 75.7 cm³/mol. The van der Waals surface area contributed by atoms with Crippen molar-refractivity contribution < 1.29 is 19.0 Å². The fourth-order valence-corrected chi connectivity index (χ4v) is 2.62. The number of halogens is 2. The molecule has 4 atom stereocenters. The maximum absolute atomic E-state index is 14.0. The number of aliphatic carboxylic acids is 1. The molecule has 7 heteroatoms. The Morgan fingerprint density at radius 1 is 1.67 bits per heavy atom. The van der Waals surface area contributed by atoms with Gasteiger partial charge in [0.1, 0.15) is 5.15 Å². The van der Waals surface area contributed by atoms with Crippen LogP contribution in [0.25, 0.3) is 0 Å². The fraction of sp³-hybridized carbons (Fsp3) is 0.571. The van der Waals surface area contributed by atoms with Crippen molar-refractivity contribution in [2.24, 2.45) is 11.7 Å². The molecule has 1 aromatic heterocycles. The van der Waals surface area contributed by atoms with Gasteiger partial charge in [0, 0.05) is 5.92 Å². The lowest BCUT2D eigenvalue weighted by Gasteiger charge is -2.16. The second-order valence-electron chi connectivity index (χ2n) is 5.23. The van der Waals surface area contributed by atoms with Crippen LogP contribution in [0.5, 0.6) is 0 Å². The molecule has 116 valence electrons. The van der Waals surface area contributed by atoms with Gasteiger partial charge in [0.05, 0.1) is 24.4 Å². The average molecular weight is 317 g/mol. The molecule has 0 aromatic carbocycles. The van der Waals surface area contributed by atoms with E-state index < -0.39 is 23.6 Å². The van der Waals surface area contributed by atoms with Crippen molar-refractivity contribution in [2.75, 3.05) is 0 Å². The Morgan fingerprint density at radius 3 is 2.90 bits per heavy atom. The molecule has 0 spiro atoms. The number of rotatable bonds is 7.